The molecule has 2 rings (SSSR count). The molecule has 2 heterocycles. The van der Waals surface area contributed by atoms with Crippen LogP contribution in [-0.2, 0) is 0 Å². The monoisotopic (exact) mass is 247 g/mol. The minimum absolute atomic E-state index is 0.422. The van der Waals surface area contributed by atoms with E-state index in [-0.39, 0.29) is 0 Å². The second-order valence-corrected chi connectivity index (χ2v) is 5.77. The highest BCUT2D eigenvalue weighted by molar-refractivity contribution is 5.81. The predicted molar refractivity (Wildman–Crippen MR) is 73.5 cm³/mol. The van der Waals surface area contributed by atoms with Crippen LogP contribution >= 0.6 is 0 Å². The van der Waals surface area contributed by atoms with Crippen molar-refractivity contribution in [2.75, 3.05) is 11.9 Å². The lowest BCUT2D eigenvalue weighted by Gasteiger charge is -2.17. The number of imidazole rings is 1. The molecule has 0 radical (unpaired) electrons. The van der Waals surface area contributed by atoms with Gasteiger partial charge in [-0.25, -0.2) is 15.0 Å². The molecule has 2 aromatic rings. The predicted octanol–water partition coefficient (Wildman–Crippen LogP) is 2.98. The number of nitrogens with one attached hydrogen (secondary N) is 2. The maximum absolute atomic E-state index is 4.23. The first-order chi connectivity index (χ1) is 8.56. The first-order valence-corrected chi connectivity index (χ1v) is 6.44. The summed E-state index contributed by atoms with van der Waals surface area (Å²) in [7, 11) is 0. The fourth-order valence-corrected chi connectivity index (χ4v) is 1.89. The lowest BCUT2D eigenvalue weighted by molar-refractivity contribution is 0.362. The number of hydrogen-bond acceptors (Lipinski definition) is 4. The SMILES string of the molecule is CC(C)(C)CCCCNc1ncnc2nc[nH]c12. The minimum Gasteiger partial charge on any atom is -0.368 e. The Hall–Kier alpha value is -1.65. The second kappa shape index (κ2) is 5.33. The van der Waals surface area contributed by atoms with Crippen molar-refractivity contribution in [1.82, 2.24) is 19.9 Å². The molecule has 5 nitrogen and oxygen atoms in total. The zero-order valence-electron chi connectivity index (χ0n) is 11.3. The van der Waals surface area contributed by atoms with Crippen molar-refractivity contribution < 1.29 is 0 Å². The lowest BCUT2D eigenvalue weighted by Crippen LogP contribution is -2.08. The van der Waals surface area contributed by atoms with E-state index in [1.54, 1.807) is 12.7 Å². The van der Waals surface area contributed by atoms with E-state index >= 15 is 0 Å². The summed E-state index contributed by atoms with van der Waals surface area (Å²) >= 11 is 0. The average molecular weight is 247 g/mol. The van der Waals surface area contributed by atoms with Crippen LogP contribution in [-0.4, -0.2) is 26.5 Å². The zero-order chi connectivity index (χ0) is 13.0. The minimum atomic E-state index is 0.422. The molecule has 0 aliphatic carbocycles. The number of unbranched alkanes of at least 4 members (excludes halogenated alkanes) is 1. The van der Waals surface area contributed by atoms with Gasteiger partial charge in [0.2, 0.25) is 0 Å². The highest BCUT2D eigenvalue weighted by Crippen LogP contribution is 2.21. The highest BCUT2D eigenvalue weighted by atomic mass is 15.1. The Labute approximate surface area is 107 Å². The molecular formula is C13H21N5. The van der Waals surface area contributed by atoms with Gasteiger partial charge in [-0.2, -0.15) is 0 Å². The number of aromatic amines is 1. The molecular weight excluding hydrogens is 226 g/mol. The summed E-state index contributed by atoms with van der Waals surface area (Å²) in [4.78, 5) is 15.5. The van der Waals surface area contributed by atoms with E-state index in [2.05, 4.69) is 46.0 Å². The Kier molecular flexibility index (Phi) is 3.79. The third-order valence-corrected chi connectivity index (χ3v) is 2.87. The molecule has 0 aliphatic heterocycles. The first kappa shape index (κ1) is 12.8. The quantitative estimate of drug-likeness (QED) is 0.797. The third kappa shape index (κ3) is 3.42. The summed E-state index contributed by atoms with van der Waals surface area (Å²) in [6.45, 7) is 7.76. The third-order valence-electron chi connectivity index (χ3n) is 2.87. The average Bonchev–Trinajstić information content (AvgIpc) is 2.75. The maximum atomic E-state index is 4.23. The fourth-order valence-electron chi connectivity index (χ4n) is 1.89. The van der Waals surface area contributed by atoms with Crippen LogP contribution in [0.4, 0.5) is 5.82 Å². The van der Waals surface area contributed by atoms with Crippen molar-refractivity contribution in [2.45, 2.75) is 40.0 Å². The molecule has 0 aromatic carbocycles. The van der Waals surface area contributed by atoms with Gasteiger partial charge < -0.3 is 10.3 Å². The number of rotatable bonds is 5. The Morgan fingerprint density at radius 3 is 2.78 bits per heavy atom. The van der Waals surface area contributed by atoms with Crippen LogP contribution in [0.1, 0.15) is 40.0 Å². The molecule has 0 saturated heterocycles. The number of H-pyrrole nitrogens is 1. The lowest BCUT2D eigenvalue weighted by atomic mass is 9.90. The second-order valence-electron chi connectivity index (χ2n) is 5.77. The van der Waals surface area contributed by atoms with Crippen LogP contribution in [0.25, 0.3) is 11.2 Å². The molecule has 0 atom stereocenters. The van der Waals surface area contributed by atoms with E-state index in [1.807, 2.05) is 0 Å². The molecule has 2 aromatic heterocycles. The van der Waals surface area contributed by atoms with Gasteiger partial charge in [0.1, 0.15) is 11.8 Å². The van der Waals surface area contributed by atoms with Crippen molar-refractivity contribution >= 4 is 17.0 Å². The van der Waals surface area contributed by atoms with Gasteiger partial charge in [-0.3, -0.25) is 0 Å². The van der Waals surface area contributed by atoms with Crippen LogP contribution in [0.5, 0.6) is 0 Å². The summed E-state index contributed by atoms with van der Waals surface area (Å²) in [5.74, 6) is 0.841. The van der Waals surface area contributed by atoms with E-state index in [9.17, 15) is 0 Å². The summed E-state index contributed by atoms with van der Waals surface area (Å²) < 4.78 is 0. The van der Waals surface area contributed by atoms with Crippen LogP contribution in [0.3, 0.4) is 0 Å². The smallest absolute Gasteiger partial charge is 0.182 e. The van der Waals surface area contributed by atoms with Crippen molar-refractivity contribution in [3.8, 4) is 0 Å². The van der Waals surface area contributed by atoms with E-state index in [0.29, 0.717) is 11.1 Å². The maximum Gasteiger partial charge on any atom is 0.182 e. The molecule has 5 heteroatoms. The summed E-state index contributed by atoms with van der Waals surface area (Å²) in [6, 6.07) is 0. The van der Waals surface area contributed by atoms with Crippen molar-refractivity contribution in [3.63, 3.8) is 0 Å². The molecule has 0 fully saturated rings. The Morgan fingerprint density at radius 1 is 1.17 bits per heavy atom. The highest BCUT2D eigenvalue weighted by Gasteiger charge is 2.09. The van der Waals surface area contributed by atoms with Crippen LogP contribution in [0, 0.1) is 5.41 Å². The van der Waals surface area contributed by atoms with E-state index < -0.39 is 0 Å². The van der Waals surface area contributed by atoms with Crippen LogP contribution < -0.4 is 5.32 Å². The van der Waals surface area contributed by atoms with Gasteiger partial charge in [-0.05, 0) is 18.3 Å². The topological polar surface area (TPSA) is 66.5 Å². The van der Waals surface area contributed by atoms with Crippen LogP contribution in [0.15, 0.2) is 12.7 Å². The van der Waals surface area contributed by atoms with Gasteiger partial charge in [-0.1, -0.05) is 27.2 Å². The molecule has 0 spiro atoms. The van der Waals surface area contributed by atoms with Crippen molar-refractivity contribution in [2.24, 2.45) is 5.41 Å². The molecule has 0 bridgehead atoms. The molecule has 18 heavy (non-hydrogen) atoms. The van der Waals surface area contributed by atoms with Gasteiger partial charge in [0.05, 0.1) is 6.33 Å². The number of nitrogens with zero attached hydrogens (tertiary/aromatic N) is 3. The van der Waals surface area contributed by atoms with Crippen molar-refractivity contribution in [3.05, 3.63) is 12.7 Å². The molecule has 98 valence electrons. The molecule has 0 amide bonds. The van der Waals surface area contributed by atoms with E-state index in [1.165, 1.54) is 12.8 Å². The summed E-state index contributed by atoms with van der Waals surface area (Å²) in [5.41, 5.74) is 2.02. The standard InChI is InChI=1S/C13H21N5/c1-13(2,3)6-4-5-7-14-11-10-12(16-8-15-10)18-9-17-11/h8-9H,4-7H2,1-3H3,(H2,14,15,16,17,18). The van der Waals surface area contributed by atoms with Gasteiger partial charge in [0.25, 0.3) is 0 Å². The number of aromatic nitrogens is 4. The van der Waals surface area contributed by atoms with Gasteiger partial charge in [-0.15, -0.1) is 0 Å². The fraction of sp³-hybridized carbons (Fsp3) is 0.615. The van der Waals surface area contributed by atoms with Crippen molar-refractivity contribution in [1.29, 1.82) is 0 Å². The summed E-state index contributed by atoms with van der Waals surface area (Å²) in [6.07, 6.45) is 6.81. The Morgan fingerprint density at radius 2 is 2.00 bits per heavy atom. The number of fused-ring (bicyclic) bond motifs is 1. The molecule has 0 aliphatic rings. The van der Waals surface area contributed by atoms with Crippen LogP contribution in [0.2, 0.25) is 0 Å². The van der Waals surface area contributed by atoms with Gasteiger partial charge >= 0.3 is 0 Å². The number of hydrogen-bond donors (Lipinski definition) is 2. The number of anilines is 1. The van der Waals surface area contributed by atoms with E-state index in [0.717, 1.165) is 24.3 Å². The Bertz CT molecular complexity index is 497. The summed E-state index contributed by atoms with van der Waals surface area (Å²) in [5, 5.41) is 3.34. The molecule has 0 unspecified atom stereocenters. The first-order valence-electron chi connectivity index (χ1n) is 6.44. The Balaban J connectivity index is 1.82. The van der Waals surface area contributed by atoms with E-state index in [4.69, 9.17) is 0 Å². The van der Waals surface area contributed by atoms with Gasteiger partial charge in [0, 0.05) is 6.54 Å². The zero-order valence-corrected chi connectivity index (χ0v) is 11.3. The molecule has 0 saturated carbocycles. The largest absolute Gasteiger partial charge is 0.368 e. The van der Waals surface area contributed by atoms with Gasteiger partial charge in [0.15, 0.2) is 11.5 Å². The normalized spacial score (nSPS) is 11.9. The molecule has 2 N–H and O–H groups in total.